The van der Waals surface area contributed by atoms with E-state index >= 15 is 0 Å². The number of carbonyl (C=O) groups excluding carboxylic acids is 1. The van der Waals surface area contributed by atoms with E-state index in [9.17, 15) is 4.79 Å². The summed E-state index contributed by atoms with van der Waals surface area (Å²) >= 11 is 0. The highest BCUT2D eigenvalue weighted by Crippen LogP contribution is 2.18. The van der Waals surface area contributed by atoms with Crippen molar-refractivity contribution in [2.24, 2.45) is 0 Å². The molecule has 1 fully saturated rings. The summed E-state index contributed by atoms with van der Waals surface area (Å²) in [7, 11) is 0. The highest BCUT2D eigenvalue weighted by atomic mass is 16.5. The van der Waals surface area contributed by atoms with Crippen molar-refractivity contribution < 1.29 is 13.9 Å². The predicted octanol–water partition coefficient (Wildman–Crippen LogP) is 1.64. The minimum Gasteiger partial charge on any atom is -0.447 e. The molecule has 2 heterocycles. The topological polar surface area (TPSA) is 67.6 Å². The first kappa shape index (κ1) is 16.0. The monoisotopic (exact) mass is 295 g/mol. The van der Waals surface area contributed by atoms with Crippen molar-refractivity contribution in [1.29, 1.82) is 0 Å². The van der Waals surface area contributed by atoms with Gasteiger partial charge in [0.05, 0.1) is 12.7 Å². The molecule has 0 radical (unpaired) electrons. The second-order valence-corrected chi connectivity index (χ2v) is 5.65. The van der Waals surface area contributed by atoms with E-state index in [1.807, 2.05) is 13.8 Å². The number of hydrogen-bond donors (Lipinski definition) is 1. The SMILES string of the molecule is CCN1CCOC(CCNC(=O)c2ncoc2C(C)C)C1. The molecule has 1 aromatic rings. The number of nitrogens with one attached hydrogen (secondary N) is 1. The molecule has 1 aromatic heterocycles. The number of oxazole rings is 1. The van der Waals surface area contributed by atoms with Crippen LogP contribution in [0, 0.1) is 0 Å². The molecule has 0 bridgehead atoms. The van der Waals surface area contributed by atoms with Crippen LogP contribution in [0.4, 0.5) is 0 Å². The van der Waals surface area contributed by atoms with Crippen LogP contribution in [0.2, 0.25) is 0 Å². The van der Waals surface area contributed by atoms with Crippen LogP contribution < -0.4 is 5.32 Å². The number of nitrogens with zero attached hydrogens (tertiary/aromatic N) is 2. The van der Waals surface area contributed by atoms with E-state index < -0.39 is 0 Å². The summed E-state index contributed by atoms with van der Waals surface area (Å²) in [4.78, 5) is 18.5. The number of rotatable bonds is 6. The number of aromatic nitrogens is 1. The van der Waals surface area contributed by atoms with Crippen LogP contribution in [-0.2, 0) is 4.74 Å². The maximum atomic E-state index is 12.1. The Morgan fingerprint density at radius 2 is 2.38 bits per heavy atom. The molecule has 0 saturated carbocycles. The molecular weight excluding hydrogens is 270 g/mol. The lowest BCUT2D eigenvalue weighted by atomic mass is 10.1. The van der Waals surface area contributed by atoms with Crippen LogP contribution in [0.25, 0.3) is 0 Å². The van der Waals surface area contributed by atoms with Crippen LogP contribution in [0.5, 0.6) is 0 Å². The number of morpholine rings is 1. The standard InChI is InChI=1S/C15H25N3O3/c1-4-18-7-8-20-12(9-18)5-6-16-15(19)13-14(11(2)3)21-10-17-13/h10-12H,4-9H2,1-3H3,(H,16,19). The third kappa shape index (κ3) is 4.28. The molecule has 1 saturated heterocycles. The molecule has 21 heavy (non-hydrogen) atoms. The molecule has 2 rings (SSSR count). The average molecular weight is 295 g/mol. The molecular formula is C15H25N3O3. The highest BCUT2D eigenvalue weighted by Gasteiger charge is 2.21. The molecule has 1 N–H and O–H groups in total. The smallest absolute Gasteiger partial charge is 0.273 e. The Bertz CT molecular complexity index is 459. The maximum Gasteiger partial charge on any atom is 0.273 e. The van der Waals surface area contributed by atoms with Crippen molar-refractivity contribution in [3.05, 3.63) is 17.8 Å². The Kier molecular flexibility index (Phi) is 5.76. The van der Waals surface area contributed by atoms with Gasteiger partial charge in [0, 0.05) is 25.6 Å². The second kappa shape index (κ2) is 7.56. The molecule has 0 spiro atoms. The molecule has 6 nitrogen and oxygen atoms in total. The third-order valence-electron chi connectivity index (χ3n) is 3.76. The third-order valence-corrected chi connectivity index (χ3v) is 3.76. The first-order valence-corrected chi connectivity index (χ1v) is 7.67. The van der Waals surface area contributed by atoms with Gasteiger partial charge in [-0.05, 0) is 13.0 Å². The maximum absolute atomic E-state index is 12.1. The summed E-state index contributed by atoms with van der Waals surface area (Å²) in [6, 6.07) is 0. The van der Waals surface area contributed by atoms with Gasteiger partial charge in [0.15, 0.2) is 12.1 Å². The van der Waals surface area contributed by atoms with Gasteiger partial charge in [-0.1, -0.05) is 20.8 Å². The van der Waals surface area contributed by atoms with Gasteiger partial charge in [0.25, 0.3) is 5.91 Å². The average Bonchev–Trinajstić information content (AvgIpc) is 2.97. The Morgan fingerprint density at radius 1 is 1.57 bits per heavy atom. The van der Waals surface area contributed by atoms with E-state index in [4.69, 9.17) is 9.15 Å². The summed E-state index contributed by atoms with van der Waals surface area (Å²) in [6.07, 6.45) is 2.34. The van der Waals surface area contributed by atoms with E-state index in [0.29, 0.717) is 18.0 Å². The minimum absolute atomic E-state index is 0.146. The Hall–Kier alpha value is -1.40. The first-order valence-electron chi connectivity index (χ1n) is 7.67. The first-order chi connectivity index (χ1) is 10.1. The fraction of sp³-hybridized carbons (Fsp3) is 0.733. The van der Waals surface area contributed by atoms with Crippen LogP contribution in [-0.4, -0.2) is 54.7 Å². The van der Waals surface area contributed by atoms with E-state index in [2.05, 4.69) is 22.1 Å². The fourth-order valence-corrected chi connectivity index (χ4v) is 2.51. The van der Waals surface area contributed by atoms with Gasteiger partial charge in [-0.2, -0.15) is 0 Å². The van der Waals surface area contributed by atoms with E-state index in [1.165, 1.54) is 6.39 Å². The number of likely N-dealkylation sites (N-methyl/N-ethyl adjacent to an activating group) is 1. The molecule has 1 aliphatic rings. The highest BCUT2D eigenvalue weighted by molar-refractivity contribution is 5.93. The van der Waals surface area contributed by atoms with Crippen molar-refractivity contribution in [1.82, 2.24) is 15.2 Å². The summed E-state index contributed by atoms with van der Waals surface area (Å²) in [5.74, 6) is 0.613. The van der Waals surface area contributed by atoms with Crippen molar-refractivity contribution in [2.75, 3.05) is 32.8 Å². The summed E-state index contributed by atoms with van der Waals surface area (Å²) in [5.41, 5.74) is 0.393. The zero-order valence-corrected chi connectivity index (χ0v) is 13.1. The Labute approximate surface area is 125 Å². The van der Waals surface area contributed by atoms with Crippen LogP contribution in [0.1, 0.15) is 49.4 Å². The normalized spacial score (nSPS) is 19.9. The van der Waals surface area contributed by atoms with Gasteiger partial charge >= 0.3 is 0 Å². The van der Waals surface area contributed by atoms with E-state index in [0.717, 1.165) is 32.7 Å². The van der Waals surface area contributed by atoms with E-state index in [-0.39, 0.29) is 17.9 Å². The van der Waals surface area contributed by atoms with Gasteiger partial charge in [-0.25, -0.2) is 4.98 Å². The summed E-state index contributed by atoms with van der Waals surface area (Å²) < 4.78 is 11.0. The predicted molar refractivity (Wildman–Crippen MR) is 79.4 cm³/mol. The van der Waals surface area contributed by atoms with E-state index in [1.54, 1.807) is 0 Å². The number of amides is 1. The lowest BCUT2D eigenvalue weighted by Crippen LogP contribution is -2.43. The lowest BCUT2D eigenvalue weighted by molar-refractivity contribution is -0.0296. The van der Waals surface area contributed by atoms with Crippen LogP contribution in [0.3, 0.4) is 0 Å². The van der Waals surface area contributed by atoms with Gasteiger partial charge in [0.2, 0.25) is 0 Å². The lowest BCUT2D eigenvalue weighted by Gasteiger charge is -2.32. The molecule has 1 amide bonds. The Morgan fingerprint density at radius 3 is 3.10 bits per heavy atom. The van der Waals surface area contributed by atoms with Crippen molar-refractivity contribution in [3.8, 4) is 0 Å². The molecule has 1 atom stereocenters. The largest absolute Gasteiger partial charge is 0.447 e. The van der Waals surface area contributed by atoms with Gasteiger partial charge in [-0.3, -0.25) is 9.69 Å². The zero-order chi connectivity index (χ0) is 15.2. The van der Waals surface area contributed by atoms with Crippen molar-refractivity contribution in [2.45, 2.75) is 39.2 Å². The molecule has 6 heteroatoms. The molecule has 0 aromatic carbocycles. The number of hydrogen-bond acceptors (Lipinski definition) is 5. The van der Waals surface area contributed by atoms with Crippen molar-refractivity contribution in [3.63, 3.8) is 0 Å². The van der Waals surface area contributed by atoms with Crippen molar-refractivity contribution >= 4 is 5.91 Å². The minimum atomic E-state index is -0.171. The van der Waals surface area contributed by atoms with Gasteiger partial charge in [-0.15, -0.1) is 0 Å². The Balaban J connectivity index is 1.78. The molecule has 118 valence electrons. The molecule has 1 aliphatic heterocycles. The summed E-state index contributed by atoms with van der Waals surface area (Å²) in [6.45, 7) is 10.5. The van der Waals surface area contributed by atoms with Gasteiger partial charge < -0.3 is 14.5 Å². The van der Waals surface area contributed by atoms with Crippen LogP contribution in [0.15, 0.2) is 10.8 Å². The fourth-order valence-electron chi connectivity index (χ4n) is 2.51. The zero-order valence-electron chi connectivity index (χ0n) is 13.1. The molecule has 0 aliphatic carbocycles. The van der Waals surface area contributed by atoms with Gasteiger partial charge in [0.1, 0.15) is 5.76 Å². The summed E-state index contributed by atoms with van der Waals surface area (Å²) in [5, 5.41) is 2.90. The number of carbonyl (C=O) groups is 1. The second-order valence-electron chi connectivity index (χ2n) is 5.65. The van der Waals surface area contributed by atoms with Crippen LogP contribution >= 0.6 is 0 Å². The molecule has 1 unspecified atom stereocenters. The quantitative estimate of drug-likeness (QED) is 0.864. The number of ether oxygens (including phenoxy) is 1.